The Labute approximate surface area is 470 Å². The van der Waals surface area contributed by atoms with Crippen molar-refractivity contribution in [3.8, 4) is 11.5 Å². The first-order valence-corrected chi connectivity index (χ1v) is 32.0. The van der Waals surface area contributed by atoms with E-state index in [9.17, 15) is 14.7 Å². The molecule has 1 unspecified atom stereocenters. The summed E-state index contributed by atoms with van der Waals surface area (Å²) in [5, 5.41) is 11.8. The summed E-state index contributed by atoms with van der Waals surface area (Å²) in [4.78, 5) is 27.2. The minimum Gasteiger partial charge on any atom is -0.507 e. The molecule has 0 aliphatic rings. The molecular weight excluding hydrogens is 937 g/mol. The molecule has 0 fully saturated rings. The highest BCUT2D eigenvalue weighted by atomic mass is 16.5. The maximum atomic E-state index is 14.0. The van der Waals surface area contributed by atoms with Gasteiger partial charge in [0.2, 0.25) is 0 Å². The van der Waals surface area contributed by atoms with Crippen LogP contribution in [0.1, 0.15) is 355 Å². The fraction of sp³-hybridized carbons (Fsp3) is 0.800. The van der Waals surface area contributed by atoms with Gasteiger partial charge in [-0.3, -0.25) is 9.59 Å². The second-order valence-corrected chi connectivity index (χ2v) is 27.3. The molecule has 2 aromatic carbocycles. The maximum absolute atomic E-state index is 14.0. The molecule has 0 aliphatic carbocycles. The maximum Gasteiger partial charge on any atom is 0.309 e. The molecule has 76 heavy (non-hydrogen) atoms. The molecule has 438 valence electrons. The molecule has 0 aliphatic heterocycles. The van der Waals surface area contributed by atoms with E-state index in [0.717, 1.165) is 64.8 Å². The molecule has 0 saturated heterocycles. The number of aromatic hydroxyl groups is 1. The number of ether oxygens (including phenoxy) is 3. The van der Waals surface area contributed by atoms with Crippen LogP contribution in [-0.4, -0.2) is 30.3 Å². The molecule has 0 heterocycles. The van der Waals surface area contributed by atoms with Crippen molar-refractivity contribution in [2.75, 3.05) is 13.2 Å². The normalized spacial score (nSPS) is 12.8. The zero-order chi connectivity index (χ0) is 56.5. The lowest BCUT2D eigenvalue weighted by Crippen LogP contribution is -2.24. The molecular formula is C70H122O6. The van der Waals surface area contributed by atoms with Gasteiger partial charge in [-0.05, 0) is 75.3 Å². The first-order valence-electron chi connectivity index (χ1n) is 32.0. The van der Waals surface area contributed by atoms with Crippen LogP contribution >= 0.6 is 0 Å². The molecule has 6 heteroatoms. The van der Waals surface area contributed by atoms with Gasteiger partial charge in [0.15, 0.2) is 0 Å². The van der Waals surface area contributed by atoms with Gasteiger partial charge in [-0.2, -0.15) is 0 Å². The van der Waals surface area contributed by atoms with Crippen molar-refractivity contribution < 1.29 is 28.9 Å². The van der Waals surface area contributed by atoms with Crippen molar-refractivity contribution in [2.24, 2.45) is 0 Å². The molecule has 6 nitrogen and oxygen atoms in total. The topological polar surface area (TPSA) is 82.1 Å². The molecule has 2 aromatic rings. The summed E-state index contributed by atoms with van der Waals surface area (Å²) in [5.74, 6) is 0.643. The lowest BCUT2D eigenvalue weighted by molar-refractivity contribution is -0.146. The van der Waals surface area contributed by atoms with Crippen molar-refractivity contribution >= 4 is 11.9 Å². The average Bonchev–Trinajstić information content (AvgIpc) is 3.33. The monoisotopic (exact) mass is 1060 g/mol. The summed E-state index contributed by atoms with van der Waals surface area (Å²) in [5.41, 5.74) is 4.29. The van der Waals surface area contributed by atoms with Gasteiger partial charge in [-0.1, -0.05) is 302 Å². The fourth-order valence-electron chi connectivity index (χ4n) is 10.6. The molecule has 1 atom stereocenters. The number of carbonyl (C=O) groups excluding carboxylic acids is 2. The summed E-state index contributed by atoms with van der Waals surface area (Å²) >= 11 is 0. The molecule has 0 bridgehead atoms. The van der Waals surface area contributed by atoms with Crippen molar-refractivity contribution in [3.63, 3.8) is 0 Å². The Morgan fingerprint density at radius 3 is 1.00 bits per heavy atom. The van der Waals surface area contributed by atoms with Crippen molar-refractivity contribution in [1.82, 2.24) is 0 Å². The molecule has 0 saturated carbocycles. The minimum absolute atomic E-state index is 0.0386. The van der Waals surface area contributed by atoms with Gasteiger partial charge in [0, 0.05) is 17.5 Å². The van der Waals surface area contributed by atoms with E-state index < -0.39 is 6.10 Å². The largest absolute Gasteiger partial charge is 0.507 e. The van der Waals surface area contributed by atoms with E-state index in [-0.39, 0.29) is 40.0 Å². The number of unbranched alkanes of at least 4 members (excludes halogenated alkanes) is 30. The van der Waals surface area contributed by atoms with E-state index in [0.29, 0.717) is 31.8 Å². The summed E-state index contributed by atoms with van der Waals surface area (Å²) in [6.45, 7) is 31.4. The van der Waals surface area contributed by atoms with Crippen LogP contribution < -0.4 is 4.74 Å². The highest BCUT2D eigenvalue weighted by molar-refractivity contribution is 5.71. The smallest absolute Gasteiger partial charge is 0.309 e. The predicted octanol–water partition coefficient (Wildman–Crippen LogP) is 21.6. The van der Waals surface area contributed by atoms with E-state index >= 15 is 0 Å². The standard InChI is InChI=1S/C70H122O6/c1-15-17-19-21-23-25-27-29-31-33-35-37-39-41-43-45-49-74-63(71)48-47-56-51-60(69(9,10)11)66(61(52-56)70(12,13)14)76-62(57-53-58(67(3,4)5)65(73)59(54-57)68(6,7)8)55-64(72)75-50-46-44-42-40-38-36-34-32-30-28-26-24-22-20-18-16-2/h51-54,62,73H,15-50,55H2,1-14H3. The van der Waals surface area contributed by atoms with E-state index in [2.05, 4.69) is 109 Å². The Kier molecular flexibility index (Phi) is 34.3. The van der Waals surface area contributed by atoms with Crippen molar-refractivity contribution in [3.05, 3.63) is 57.6 Å². The Bertz CT molecular complexity index is 1780. The molecule has 1 N–H and O–H groups in total. The number of phenols is 1. The van der Waals surface area contributed by atoms with Crippen LogP contribution in [-0.2, 0) is 47.1 Å². The van der Waals surface area contributed by atoms with Gasteiger partial charge >= 0.3 is 11.9 Å². The summed E-state index contributed by atoms with van der Waals surface area (Å²) in [7, 11) is 0. The summed E-state index contributed by atoms with van der Waals surface area (Å²) in [6, 6.07) is 8.51. The highest BCUT2D eigenvalue weighted by Crippen LogP contribution is 2.46. The summed E-state index contributed by atoms with van der Waals surface area (Å²) < 4.78 is 19.1. The molecule has 0 radical (unpaired) electrons. The zero-order valence-corrected chi connectivity index (χ0v) is 52.5. The van der Waals surface area contributed by atoms with Crippen LogP contribution in [0.4, 0.5) is 0 Å². The van der Waals surface area contributed by atoms with Gasteiger partial charge in [-0.15, -0.1) is 0 Å². The van der Waals surface area contributed by atoms with Gasteiger partial charge in [0.25, 0.3) is 0 Å². The Morgan fingerprint density at radius 2 is 0.697 bits per heavy atom. The molecule has 0 aromatic heterocycles. The Balaban J connectivity index is 2.11. The van der Waals surface area contributed by atoms with Gasteiger partial charge in [0.05, 0.1) is 19.6 Å². The predicted molar refractivity (Wildman–Crippen MR) is 327 cm³/mol. The van der Waals surface area contributed by atoms with E-state index in [1.54, 1.807) is 0 Å². The van der Waals surface area contributed by atoms with Crippen LogP contribution in [0.5, 0.6) is 11.5 Å². The number of esters is 2. The second-order valence-electron chi connectivity index (χ2n) is 27.3. The van der Waals surface area contributed by atoms with Gasteiger partial charge in [-0.25, -0.2) is 0 Å². The second kappa shape index (κ2) is 37.8. The average molecular weight is 1060 g/mol. The third kappa shape index (κ3) is 29.8. The van der Waals surface area contributed by atoms with E-state index in [1.165, 1.54) is 180 Å². The van der Waals surface area contributed by atoms with Crippen LogP contribution in [0, 0.1) is 0 Å². The molecule has 2 rings (SSSR count). The van der Waals surface area contributed by atoms with Crippen LogP contribution in [0.25, 0.3) is 0 Å². The molecule has 0 amide bonds. The van der Waals surface area contributed by atoms with Crippen LogP contribution in [0.15, 0.2) is 24.3 Å². The van der Waals surface area contributed by atoms with Crippen LogP contribution in [0.3, 0.4) is 0 Å². The fourth-order valence-corrected chi connectivity index (χ4v) is 10.6. The minimum atomic E-state index is -0.673. The number of hydrogen-bond acceptors (Lipinski definition) is 6. The van der Waals surface area contributed by atoms with E-state index in [4.69, 9.17) is 14.2 Å². The third-order valence-electron chi connectivity index (χ3n) is 15.6. The first kappa shape index (κ1) is 69.1. The van der Waals surface area contributed by atoms with Crippen molar-refractivity contribution in [1.29, 1.82) is 0 Å². The van der Waals surface area contributed by atoms with Crippen LogP contribution in [0.2, 0.25) is 0 Å². The number of phenolic OH excluding ortho intramolecular Hbond substituents is 1. The third-order valence-corrected chi connectivity index (χ3v) is 15.6. The van der Waals surface area contributed by atoms with Gasteiger partial charge in [0.1, 0.15) is 17.6 Å². The molecule has 0 spiro atoms. The number of aryl methyl sites for hydroxylation is 1. The first-order chi connectivity index (χ1) is 36.0. The summed E-state index contributed by atoms with van der Waals surface area (Å²) in [6.07, 6.45) is 42.1. The van der Waals surface area contributed by atoms with Crippen molar-refractivity contribution in [2.45, 2.75) is 349 Å². The Hall–Kier alpha value is -3.02. The lowest BCUT2D eigenvalue weighted by Gasteiger charge is -2.34. The van der Waals surface area contributed by atoms with Gasteiger partial charge < -0.3 is 19.3 Å². The zero-order valence-electron chi connectivity index (χ0n) is 52.5. The number of carbonyl (C=O) groups is 2. The Morgan fingerprint density at radius 1 is 0.408 bits per heavy atom. The highest BCUT2D eigenvalue weighted by Gasteiger charge is 2.34. The number of benzene rings is 2. The SMILES string of the molecule is CCCCCCCCCCCCCCCCCCOC(=O)CCc1cc(C(C)(C)C)c(OC(CC(=O)OCCCCCCCCCCCCCCCCCC)c2cc(C(C)(C)C)c(O)c(C(C)(C)C)c2)c(C(C)(C)C)c1. The number of hydrogen-bond donors (Lipinski definition) is 1. The number of rotatable bonds is 42. The quantitative estimate of drug-likeness (QED) is 0.0527. The van der Waals surface area contributed by atoms with E-state index in [1.807, 2.05) is 12.1 Å². The lowest BCUT2D eigenvalue weighted by atomic mass is 9.77.